The molecule has 6 nitrogen and oxygen atoms in total. The average molecular weight is 452 g/mol. The van der Waals surface area contributed by atoms with Crippen molar-refractivity contribution in [3.63, 3.8) is 0 Å². The van der Waals surface area contributed by atoms with Gasteiger partial charge in [-0.3, -0.25) is 0 Å². The molecule has 0 saturated heterocycles. The van der Waals surface area contributed by atoms with Crippen LogP contribution in [0.2, 0.25) is 0 Å². The highest BCUT2D eigenvalue weighted by molar-refractivity contribution is 6.06. The molecule has 2 heterocycles. The van der Waals surface area contributed by atoms with Crippen LogP contribution in [0.1, 0.15) is 5.56 Å². The third kappa shape index (κ3) is 4.06. The van der Waals surface area contributed by atoms with E-state index >= 15 is 0 Å². The largest absolute Gasteiger partial charge is 0.497 e. The van der Waals surface area contributed by atoms with Gasteiger partial charge in [0.2, 0.25) is 5.71 Å². The minimum atomic E-state index is 0.543. The van der Waals surface area contributed by atoms with Gasteiger partial charge in [0.05, 0.1) is 19.6 Å². The Morgan fingerprint density at radius 1 is 0.765 bits per heavy atom. The van der Waals surface area contributed by atoms with Gasteiger partial charge in [-0.15, -0.1) is 0 Å². The van der Waals surface area contributed by atoms with Crippen LogP contribution in [0.15, 0.2) is 89.6 Å². The third-order valence-electron chi connectivity index (χ3n) is 5.82. The predicted octanol–water partition coefficient (Wildman–Crippen LogP) is 6.21. The summed E-state index contributed by atoms with van der Waals surface area (Å²) in [6.07, 6.45) is 1.55. The molecule has 5 rings (SSSR count). The van der Waals surface area contributed by atoms with Gasteiger partial charge in [0.1, 0.15) is 29.4 Å². The first kappa shape index (κ1) is 21.5. The van der Waals surface area contributed by atoms with Crippen molar-refractivity contribution in [2.24, 2.45) is 0 Å². The number of furan rings is 1. The minimum Gasteiger partial charge on any atom is -0.497 e. The molecule has 34 heavy (non-hydrogen) atoms. The Morgan fingerprint density at radius 2 is 1.38 bits per heavy atom. The lowest BCUT2D eigenvalue weighted by Crippen LogP contribution is -2.18. The number of fused-ring (bicyclic) bond motifs is 1. The summed E-state index contributed by atoms with van der Waals surface area (Å²) in [7, 11) is 5.35. The summed E-state index contributed by atoms with van der Waals surface area (Å²) < 4.78 is 17.1. The van der Waals surface area contributed by atoms with E-state index in [-0.39, 0.29) is 0 Å². The van der Waals surface area contributed by atoms with Gasteiger partial charge in [0.15, 0.2) is 0 Å². The molecule has 0 radical (unpaired) electrons. The van der Waals surface area contributed by atoms with E-state index in [9.17, 15) is 0 Å². The van der Waals surface area contributed by atoms with Crippen LogP contribution >= 0.6 is 0 Å². The first-order chi connectivity index (χ1) is 16.7. The standard InChI is InChI=1S/C28H25N3O3/c1-31(17-19-7-5-4-6-8-19)27-25-24(20-9-13-22(32-2)14-10-20)26(34-28(25)30-18-29-27)21-11-15-23(33-3)16-12-21/h4-16,18H,17H2,1-3H3. The highest BCUT2D eigenvalue weighted by Gasteiger charge is 2.23. The van der Waals surface area contributed by atoms with Crippen molar-refractivity contribution in [3.05, 3.63) is 90.8 Å². The summed E-state index contributed by atoms with van der Waals surface area (Å²) in [5.41, 5.74) is 4.61. The number of ether oxygens (including phenoxy) is 2. The molecule has 0 aliphatic rings. The first-order valence-electron chi connectivity index (χ1n) is 11.0. The van der Waals surface area contributed by atoms with Crippen LogP contribution in [-0.2, 0) is 6.54 Å². The molecule has 0 saturated carbocycles. The zero-order chi connectivity index (χ0) is 23.5. The van der Waals surface area contributed by atoms with Crippen molar-refractivity contribution in [3.8, 4) is 33.9 Å². The van der Waals surface area contributed by atoms with Crippen molar-refractivity contribution in [2.75, 3.05) is 26.2 Å². The monoisotopic (exact) mass is 451 g/mol. The minimum absolute atomic E-state index is 0.543. The Bertz CT molecular complexity index is 1400. The summed E-state index contributed by atoms with van der Waals surface area (Å²) in [5, 5.41) is 0.872. The molecular formula is C28H25N3O3. The van der Waals surface area contributed by atoms with Gasteiger partial charge in [-0.1, -0.05) is 42.5 Å². The molecular weight excluding hydrogens is 426 g/mol. The fourth-order valence-electron chi connectivity index (χ4n) is 4.12. The molecule has 0 amide bonds. The lowest BCUT2D eigenvalue weighted by atomic mass is 9.99. The Morgan fingerprint density at radius 3 is 2.00 bits per heavy atom. The molecule has 0 atom stereocenters. The van der Waals surface area contributed by atoms with E-state index in [2.05, 4.69) is 27.0 Å². The summed E-state index contributed by atoms with van der Waals surface area (Å²) in [6.45, 7) is 0.706. The Kier molecular flexibility index (Phi) is 5.87. The second-order valence-electron chi connectivity index (χ2n) is 7.98. The summed E-state index contributed by atoms with van der Waals surface area (Å²) in [4.78, 5) is 11.3. The maximum absolute atomic E-state index is 6.36. The number of benzene rings is 3. The van der Waals surface area contributed by atoms with Gasteiger partial charge in [-0.2, -0.15) is 0 Å². The maximum Gasteiger partial charge on any atom is 0.232 e. The van der Waals surface area contributed by atoms with Crippen molar-refractivity contribution < 1.29 is 13.9 Å². The van der Waals surface area contributed by atoms with Crippen molar-refractivity contribution in [1.82, 2.24) is 9.97 Å². The van der Waals surface area contributed by atoms with Crippen molar-refractivity contribution in [1.29, 1.82) is 0 Å². The van der Waals surface area contributed by atoms with Gasteiger partial charge < -0.3 is 18.8 Å². The fraction of sp³-hybridized carbons (Fsp3) is 0.143. The molecule has 0 aliphatic heterocycles. The van der Waals surface area contributed by atoms with Crippen LogP contribution in [0.4, 0.5) is 5.82 Å². The van der Waals surface area contributed by atoms with E-state index in [4.69, 9.17) is 13.9 Å². The van der Waals surface area contributed by atoms with Crippen LogP contribution in [-0.4, -0.2) is 31.2 Å². The molecule has 0 unspecified atom stereocenters. The molecule has 3 aromatic carbocycles. The summed E-state index contributed by atoms with van der Waals surface area (Å²) in [6, 6.07) is 26.1. The highest BCUT2D eigenvalue weighted by Crippen LogP contribution is 2.44. The molecule has 0 N–H and O–H groups in total. The van der Waals surface area contributed by atoms with Crippen LogP contribution < -0.4 is 14.4 Å². The van der Waals surface area contributed by atoms with Gasteiger partial charge in [0, 0.05) is 24.7 Å². The van der Waals surface area contributed by atoms with Crippen LogP contribution in [0.5, 0.6) is 11.5 Å². The van der Waals surface area contributed by atoms with Gasteiger partial charge >= 0.3 is 0 Å². The van der Waals surface area contributed by atoms with Crippen LogP contribution in [0.25, 0.3) is 33.6 Å². The topological polar surface area (TPSA) is 60.6 Å². The van der Waals surface area contributed by atoms with E-state index in [1.807, 2.05) is 73.8 Å². The van der Waals surface area contributed by atoms with Crippen LogP contribution in [0, 0.1) is 0 Å². The van der Waals surface area contributed by atoms with Crippen LogP contribution in [0.3, 0.4) is 0 Å². The Labute approximate surface area is 198 Å². The van der Waals surface area contributed by atoms with E-state index in [0.29, 0.717) is 12.3 Å². The third-order valence-corrected chi connectivity index (χ3v) is 5.82. The van der Waals surface area contributed by atoms with Gasteiger partial charge in [-0.05, 0) is 47.5 Å². The number of hydrogen-bond acceptors (Lipinski definition) is 6. The van der Waals surface area contributed by atoms with Crippen molar-refractivity contribution in [2.45, 2.75) is 6.54 Å². The fourth-order valence-corrected chi connectivity index (χ4v) is 4.12. The lowest BCUT2D eigenvalue weighted by molar-refractivity contribution is 0.414. The molecule has 0 bridgehead atoms. The van der Waals surface area contributed by atoms with E-state index < -0.39 is 0 Å². The molecule has 170 valence electrons. The number of nitrogens with zero attached hydrogens (tertiary/aromatic N) is 3. The van der Waals surface area contributed by atoms with Crippen molar-refractivity contribution >= 4 is 16.9 Å². The zero-order valence-electron chi connectivity index (χ0n) is 19.4. The number of aromatic nitrogens is 2. The second kappa shape index (κ2) is 9.27. The quantitative estimate of drug-likeness (QED) is 0.293. The molecule has 0 aliphatic carbocycles. The first-order valence-corrected chi connectivity index (χ1v) is 11.0. The average Bonchev–Trinajstić information content (AvgIpc) is 3.29. The Balaban J connectivity index is 1.70. The molecule has 2 aromatic heterocycles. The predicted molar refractivity (Wildman–Crippen MR) is 134 cm³/mol. The molecule has 0 spiro atoms. The lowest BCUT2D eigenvalue weighted by Gasteiger charge is -2.19. The smallest absolute Gasteiger partial charge is 0.232 e. The van der Waals surface area contributed by atoms with E-state index in [0.717, 1.165) is 45.2 Å². The number of anilines is 1. The second-order valence-corrected chi connectivity index (χ2v) is 7.98. The van der Waals surface area contributed by atoms with E-state index in [1.165, 1.54) is 5.56 Å². The highest BCUT2D eigenvalue weighted by atomic mass is 16.5. The summed E-state index contributed by atoms with van der Waals surface area (Å²) >= 11 is 0. The SMILES string of the molecule is COc1ccc(-c2oc3ncnc(N(C)Cc4ccccc4)c3c2-c2ccc(OC)cc2)cc1. The summed E-state index contributed by atoms with van der Waals surface area (Å²) in [5.74, 6) is 3.12. The maximum atomic E-state index is 6.36. The number of rotatable bonds is 7. The zero-order valence-corrected chi connectivity index (χ0v) is 19.4. The number of methoxy groups -OCH3 is 2. The van der Waals surface area contributed by atoms with E-state index in [1.54, 1.807) is 20.5 Å². The molecule has 6 heteroatoms. The molecule has 0 fully saturated rings. The molecule has 5 aromatic rings. The normalized spacial score (nSPS) is 10.9. The Hall–Kier alpha value is -4.32. The van der Waals surface area contributed by atoms with Gasteiger partial charge in [-0.25, -0.2) is 9.97 Å². The number of hydrogen-bond donors (Lipinski definition) is 0. The van der Waals surface area contributed by atoms with Gasteiger partial charge in [0.25, 0.3) is 0 Å².